The molecule has 0 radical (unpaired) electrons. The maximum Gasteiger partial charge on any atom is 0.226 e. The molecule has 0 bridgehead atoms. The van der Waals surface area contributed by atoms with Gasteiger partial charge < -0.3 is 20.3 Å². The number of anilines is 2. The largest absolute Gasteiger partial charge is 0.394 e. The van der Waals surface area contributed by atoms with Gasteiger partial charge in [0, 0.05) is 13.6 Å². The van der Waals surface area contributed by atoms with Gasteiger partial charge in [0.15, 0.2) is 11.5 Å². The van der Waals surface area contributed by atoms with Crippen molar-refractivity contribution >= 4 is 22.9 Å². The van der Waals surface area contributed by atoms with Gasteiger partial charge in [0.05, 0.1) is 18.5 Å². The highest BCUT2D eigenvalue weighted by Crippen LogP contribution is 2.26. The number of H-pyrrole nitrogens is 1. The molecule has 0 aliphatic rings. The van der Waals surface area contributed by atoms with E-state index in [0.29, 0.717) is 11.6 Å². The van der Waals surface area contributed by atoms with Gasteiger partial charge >= 0.3 is 0 Å². The van der Waals surface area contributed by atoms with Crippen LogP contribution in [0.2, 0.25) is 0 Å². The molecule has 0 aliphatic heterocycles. The number of rotatable bonds is 6. The Morgan fingerprint density at radius 3 is 2.80 bits per heavy atom. The van der Waals surface area contributed by atoms with Crippen molar-refractivity contribution in [3.05, 3.63) is 6.33 Å². The summed E-state index contributed by atoms with van der Waals surface area (Å²) < 4.78 is 0. The molecule has 0 saturated heterocycles. The number of aliphatic hydroxyl groups is 1. The standard InChI is InChI=1S/C13H22N6O/c1-5-6-14-12-17-10-9(15-8-16-10)11(18-12)19(4)13(2,3)7-20/h8,20H,5-7H2,1-4H3,(H2,14,15,16,17,18). The van der Waals surface area contributed by atoms with Crippen LogP contribution in [0.5, 0.6) is 0 Å². The van der Waals surface area contributed by atoms with E-state index in [-0.39, 0.29) is 6.61 Å². The van der Waals surface area contributed by atoms with Gasteiger partial charge in [-0.15, -0.1) is 0 Å². The highest BCUT2D eigenvalue weighted by Gasteiger charge is 2.26. The number of nitrogens with zero attached hydrogens (tertiary/aromatic N) is 4. The van der Waals surface area contributed by atoms with E-state index in [9.17, 15) is 5.11 Å². The first-order valence-electron chi connectivity index (χ1n) is 6.79. The van der Waals surface area contributed by atoms with Crippen LogP contribution >= 0.6 is 0 Å². The zero-order valence-electron chi connectivity index (χ0n) is 12.4. The molecule has 7 nitrogen and oxygen atoms in total. The van der Waals surface area contributed by atoms with Gasteiger partial charge in [-0.3, -0.25) is 0 Å². The Morgan fingerprint density at radius 1 is 1.40 bits per heavy atom. The average molecular weight is 278 g/mol. The summed E-state index contributed by atoms with van der Waals surface area (Å²) in [6.45, 7) is 6.83. The molecule has 7 heteroatoms. The van der Waals surface area contributed by atoms with Crippen LogP contribution in [0.4, 0.5) is 11.8 Å². The summed E-state index contributed by atoms with van der Waals surface area (Å²) in [5.41, 5.74) is 0.972. The lowest BCUT2D eigenvalue weighted by Gasteiger charge is -2.35. The number of fused-ring (bicyclic) bond motifs is 1. The van der Waals surface area contributed by atoms with Gasteiger partial charge in [-0.1, -0.05) is 6.92 Å². The van der Waals surface area contributed by atoms with Gasteiger partial charge in [-0.2, -0.15) is 9.97 Å². The Labute approximate surface area is 118 Å². The van der Waals surface area contributed by atoms with Crippen LogP contribution in [0.1, 0.15) is 27.2 Å². The van der Waals surface area contributed by atoms with Crippen molar-refractivity contribution in [2.24, 2.45) is 0 Å². The monoisotopic (exact) mass is 278 g/mol. The highest BCUT2D eigenvalue weighted by atomic mass is 16.3. The first-order chi connectivity index (χ1) is 9.49. The number of nitrogens with one attached hydrogen (secondary N) is 2. The van der Waals surface area contributed by atoms with E-state index in [1.54, 1.807) is 6.33 Å². The average Bonchev–Trinajstić information content (AvgIpc) is 2.91. The van der Waals surface area contributed by atoms with Gasteiger partial charge in [0.1, 0.15) is 5.52 Å². The fourth-order valence-electron chi connectivity index (χ4n) is 1.77. The van der Waals surface area contributed by atoms with Crippen LogP contribution in [0, 0.1) is 0 Å². The molecular weight excluding hydrogens is 256 g/mol. The fourth-order valence-corrected chi connectivity index (χ4v) is 1.77. The maximum absolute atomic E-state index is 9.53. The molecule has 2 rings (SSSR count). The minimum Gasteiger partial charge on any atom is -0.394 e. The lowest BCUT2D eigenvalue weighted by Crippen LogP contribution is -2.45. The van der Waals surface area contributed by atoms with Crippen LogP contribution < -0.4 is 10.2 Å². The third-order valence-corrected chi connectivity index (χ3v) is 3.41. The van der Waals surface area contributed by atoms with E-state index in [1.165, 1.54) is 0 Å². The highest BCUT2D eigenvalue weighted by molar-refractivity contribution is 5.84. The number of hydrogen-bond donors (Lipinski definition) is 3. The van der Waals surface area contributed by atoms with Crippen molar-refractivity contribution < 1.29 is 5.11 Å². The predicted molar refractivity (Wildman–Crippen MR) is 80.0 cm³/mol. The molecule has 3 N–H and O–H groups in total. The minimum atomic E-state index is -0.422. The summed E-state index contributed by atoms with van der Waals surface area (Å²) in [5.74, 6) is 1.28. The molecule has 0 atom stereocenters. The summed E-state index contributed by atoms with van der Waals surface area (Å²) in [6.07, 6.45) is 2.60. The van der Waals surface area contributed by atoms with Crippen LogP contribution in [0.15, 0.2) is 6.33 Å². The molecule has 2 aromatic rings. The van der Waals surface area contributed by atoms with Crippen LogP contribution in [0.3, 0.4) is 0 Å². The first kappa shape index (κ1) is 14.5. The summed E-state index contributed by atoms with van der Waals surface area (Å²) in [4.78, 5) is 18.1. The van der Waals surface area contributed by atoms with Gasteiger partial charge in [0.2, 0.25) is 5.95 Å². The molecule has 110 valence electrons. The molecule has 0 amide bonds. The molecule has 0 aliphatic carbocycles. The Kier molecular flexibility index (Phi) is 4.08. The van der Waals surface area contributed by atoms with Crippen molar-refractivity contribution in [3.8, 4) is 0 Å². The third kappa shape index (κ3) is 2.67. The van der Waals surface area contributed by atoms with Crippen molar-refractivity contribution in [2.45, 2.75) is 32.7 Å². The fraction of sp³-hybridized carbons (Fsp3) is 0.615. The van der Waals surface area contributed by atoms with Crippen molar-refractivity contribution in [2.75, 3.05) is 30.4 Å². The topological polar surface area (TPSA) is 90.0 Å². The third-order valence-electron chi connectivity index (χ3n) is 3.41. The van der Waals surface area contributed by atoms with Gasteiger partial charge in [-0.05, 0) is 20.3 Å². The molecular formula is C13H22N6O. The molecule has 0 aromatic carbocycles. The molecule has 0 spiro atoms. The van der Waals surface area contributed by atoms with Crippen molar-refractivity contribution in [3.63, 3.8) is 0 Å². The zero-order valence-corrected chi connectivity index (χ0v) is 12.4. The summed E-state index contributed by atoms with van der Waals surface area (Å²) >= 11 is 0. The smallest absolute Gasteiger partial charge is 0.226 e. The molecule has 0 fully saturated rings. The van der Waals surface area contributed by atoms with E-state index in [1.807, 2.05) is 25.8 Å². The Bertz CT molecular complexity index is 579. The molecule has 2 aromatic heterocycles. The van der Waals surface area contributed by atoms with Gasteiger partial charge in [-0.25, -0.2) is 4.98 Å². The molecule has 0 unspecified atom stereocenters. The van der Waals surface area contributed by atoms with Gasteiger partial charge in [0.25, 0.3) is 0 Å². The normalized spacial score (nSPS) is 11.8. The SMILES string of the molecule is CCCNc1nc(N(C)C(C)(C)CO)c2[nH]cnc2n1. The molecule has 20 heavy (non-hydrogen) atoms. The van der Waals surface area contributed by atoms with E-state index in [2.05, 4.69) is 32.2 Å². The second kappa shape index (κ2) is 5.62. The van der Waals surface area contributed by atoms with Crippen LogP contribution in [0.25, 0.3) is 11.2 Å². The van der Waals surface area contributed by atoms with E-state index >= 15 is 0 Å². The minimum absolute atomic E-state index is 0.0286. The van der Waals surface area contributed by atoms with Crippen LogP contribution in [-0.4, -0.2) is 50.8 Å². The molecule has 0 saturated carbocycles. The Morgan fingerprint density at radius 2 is 2.15 bits per heavy atom. The summed E-state index contributed by atoms with van der Waals surface area (Å²) in [6, 6.07) is 0. The van der Waals surface area contributed by atoms with E-state index in [4.69, 9.17) is 0 Å². The zero-order chi connectivity index (χ0) is 14.8. The number of aromatic nitrogens is 4. The van der Waals surface area contributed by atoms with Crippen molar-refractivity contribution in [1.29, 1.82) is 0 Å². The number of aromatic amines is 1. The summed E-state index contributed by atoms with van der Waals surface area (Å²) in [7, 11) is 1.91. The number of imidazole rings is 1. The quantitative estimate of drug-likeness (QED) is 0.739. The number of aliphatic hydroxyl groups excluding tert-OH is 1. The summed E-state index contributed by atoms with van der Waals surface area (Å²) in [5, 5.41) is 12.7. The van der Waals surface area contributed by atoms with E-state index < -0.39 is 5.54 Å². The van der Waals surface area contributed by atoms with E-state index in [0.717, 1.165) is 24.3 Å². The lowest BCUT2D eigenvalue weighted by atomic mass is 10.1. The molecule has 2 heterocycles. The van der Waals surface area contributed by atoms with Crippen molar-refractivity contribution in [1.82, 2.24) is 19.9 Å². The second-order valence-corrected chi connectivity index (χ2v) is 5.43. The number of hydrogen-bond acceptors (Lipinski definition) is 6. The Hall–Kier alpha value is -1.89. The number of likely N-dealkylation sites (N-methyl/N-ethyl adjacent to an activating group) is 1. The Balaban J connectivity index is 2.47. The second-order valence-electron chi connectivity index (χ2n) is 5.43. The maximum atomic E-state index is 9.53. The lowest BCUT2D eigenvalue weighted by molar-refractivity contribution is 0.216. The van der Waals surface area contributed by atoms with Crippen LogP contribution in [-0.2, 0) is 0 Å². The first-order valence-corrected chi connectivity index (χ1v) is 6.79. The predicted octanol–water partition coefficient (Wildman–Crippen LogP) is 1.38.